The third-order valence-corrected chi connectivity index (χ3v) is 6.72. The van der Waals surface area contributed by atoms with Gasteiger partial charge in [-0.05, 0) is 42.8 Å². The van der Waals surface area contributed by atoms with E-state index in [2.05, 4.69) is 33.3 Å². The van der Waals surface area contributed by atoms with Gasteiger partial charge < -0.3 is 9.88 Å². The number of para-hydroxylation sites is 2. The van der Waals surface area contributed by atoms with E-state index in [4.69, 9.17) is 4.98 Å². The van der Waals surface area contributed by atoms with E-state index in [1.807, 2.05) is 36.4 Å². The molecule has 0 unspecified atom stereocenters. The number of carbonyl (C=O) groups excluding carboxylic acids is 1. The molecule has 0 saturated heterocycles. The van der Waals surface area contributed by atoms with E-state index in [9.17, 15) is 14.0 Å². The molecule has 2 aromatic heterocycles. The molecule has 0 radical (unpaired) electrons. The van der Waals surface area contributed by atoms with Gasteiger partial charge in [-0.25, -0.2) is 9.37 Å². The summed E-state index contributed by atoms with van der Waals surface area (Å²) < 4.78 is 17.9. The Morgan fingerprint density at radius 3 is 2.71 bits per heavy atom. The molecular weight excluding hydrogens is 549 g/mol. The molecule has 5 aromatic rings. The van der Waals surface area contributed by atoms with E-state index in [-0.39, 0.29) is 23.7 Å². The molecule has 2 heterocycles. The van der Waals surface area contributed by atoms with Crippen LogP contribution in [0.2, 0.25) is 0 Å². The van der Waals surface area contributed by atoms with E-state index in [1.54, 1.807) is 35.2 Å². The van der Waals surface area contributed by atoms with E-state index in [0.717, 1.165) is 33.8 Å². The molecule has 0 saturated carbocycles. The third kappa shape index (κ3) is 5.28. The van der Waals surface area contributed by atoms with Gasteiger partial charge in [-0.15, -0.1) is 0 Å². The molecule has 0 spiro atoms. The number of nitrogens with zero attached hydrogens (tertiary/aromatic N) is 4. The Balaban J connectivity index is 1.51. The predicted octanol–water partition coefficient (Wildman–Crippen LogP) is 6.12. The fourth-order valence-electron chi connectivity index (χ4n) is 4.35. The molecule has 3 aromatic carbocycles. The lowest BCUT2D eigenvalue weighted by Gasteiger charge is -2.09. The van der Waals surface area contributed by atoms with Gasteiger partial charge in [0.05, 0.1) is 22.8 Å². The van der Waals surface area contributed by atoms with Crippen molar-refractivity contribution < 1.29 is 9.18 Å². The van der Waals surface area contributed by atoms with Crippen molar-refractivity contribution in [2.24, 2.45) is 5.10 Å². The van der Waals surface area contributed by atoms with Crippen LogP contribution < -0.4 is 10.9 Å². The monoisotopic (exact) mass is 573 g/mol. The Hall–Kier alpha value is -4.11. The number of rotatable bonds is 8. The van der Waals surface area contributed by atoms with Crippen molar-refractivity contribution in [2.75, 3.05) is 5.32 Å². The SMILES string of the molecule is CCCCc1nc2ccc(Br)cc2c(=O)n1N=Cc1cn(CC(=O)Nc2ccccc2F)c2ccccc12. The van der Waals surface area contributed by atoms with Crippen LogP contribution in [-0.4, -0.2) is 26.3 Å². The summed E-state index contributed by atoms with van der Waals surface area (Å²) in [6, 6.07) is 19.1. The van der Waals surface area contributed by atoms with Gasteiger partial charge in [0.25, 0.3) is 5.56 Å². The van der Waals surface area contributed by atoms with Crippen LogP contribution in [0.5, 0.6) is 0 Å². The Bertz CT molecular complexity index is 1740. The topological polar surface area (TPSA) is 81.3 Å². The van der Waals surface area contributed by atoms with Crippen LogP contribution in [0.1, 0.15) is 31.2 Å². The number of aromatic nitrogens is 3. The van der Waals surface area contributed by atoms with Crippen molar-refractivity contribution in [3.8, 4) is 0 Å². The van der Waals surface area contributed by atoms with Crippen LogP contribution in [-0.2, 0) is 17.8 Å². The molecule has 0 aliphatic heterocycles. The number of hydrogen-bond acceptors (Lipinski definition) is 4. The highest BCUT2D eigenvalue weighted by Gasteiger charge is 2.14. The maximum atomic E-state index is 14.0. The lowest BCUT2D eigenvalue weighted by atomic mass is 10.2. The standard InChI is InChI=1S/C29H25BrFN5O2/c1-2-3-12-27-33-24-14-13-20(30)15-22(24)29(38)36(27)32-16-19-17-35(26-11-7-4-8-21(19)26)18-28(37)34-25-10-6-5-9-23(25)31/h4-11,13-17H,2-3,12,18H2,1H3,(H,34,37). The molecule has 0 fully saturated rings. The zero-order chi connectivity index (χ0) is 26.6. The number of unbranched alkanes of at least 4 members (excludes halogenated alkanes) is 1. The minimum Gasteiger partial charge on any atom is -0.337 e. The summed E-state index contributed by atoms with van der Waals surface area (Å²) in [4.78, 5) is 30.8. The Kier molecular flexibility index (Phi) is 7.46. The van der Waals surface area contributed by atoms with Gasteiger partial charge in [-0.1, -0.05) is 59.6 Å². The van der Waals surface area contributed by atoms with Gasteiger partial charge in [0.15, 0.2) is 0 Å². The summed E-state index contributed by atoms with van der Waals surface area (Å²) in [5, 5.41) is 8.54. The number of amides is 1. The average molecular weight is 574 g/mol. The molecule has 0 atom stereocenters. The Labute approximate surface area is 226 Å². The first kappa shape index (κ1) is 25.5. The second-order valence-electron chi connectivity index (χ2n) is 8.91. The van der Waals surface area contributed by atoms with Crippen LogP contribution in [0, 0.1) is 5.82 Å². The van der Waals surface area contributed by atoms with Crippen molar-refractivity contribution in [3.63, 3.8) is 0 Å². The largest absolute Gasteiger partial charge is 0.337 e. The lowest BCUT2D eigenvalue weighted by Crippen LogP contribution is -2.22. The van der Waals surface area contributed by atoms with Crippen molar-refractivity contribution in [3.05, 3.63) is 105 Å². The Morgan fingerprint density at radius 1 is 1.11 bits per heavy atom. The van der Waals surface area contributed by atoms with E-state index < -0.39 is 5.82 Å². The number of aryl methyl sites for hydroxylation is 1. The van der Waals surface area contributed by atoms with Crippen LogP contribution in [0.25, 0.3) is 21.8 Å². The average Bonchev–Trinajstić information content (AvgIpc) is 3.26. The van der Waals surface area contributed by atoms with Gasteiger partial charge in [0.2, 0.25) is 5.91 Å². The van der Waals surface area contributed by atoms with Gasteiger partial charge in [-0.3, -0.25) is 9.59 Å². The molecule has 192 valence electrons. The quantitative estimate of drug-likeness (QED) is 0.227. The van der Waals surface area contributed by atoms with Crippen molar-refractivity contribution in [1.82, 2.24) is 14.2 Å². The summed E-state index contributed by atoms with van der Waals surface area (Å²) in [5.74, 6) is -0.260. The summed E-state index contributed by atoms with van der Waals surface area (Å²) in [6.07, 6.45) is 5.88. The predicted molar refractivity (Wildman–Crippen MR) is 152 cm³/mol. The van der Waals surface area contributed by atoms with Gasteiger partial charge in [-0.2, -0.15) is 9.78 Å². The van der Waals surface area contributed by atoms with Crippen molar-refractivity contribution in [1.29, 1.82) is 0 Å². The number of fused-ring (bicyclic) bond motifs is 2. The fourth-order valence-corrected chi connectivity index (χ4v) is 4.71. The number of carbonyl (C=O) groups is 1. The second kappa shape index (κ2) is 11.1. The minimum atomic E-state index is -0.494. The zero-order valence-electron chi connectivity index (χ0n) is 20.7. The first-order valence-electron chi connectivity index (χ1n) is 12.3. The molecule has 9 heteroatoms. The maximum absolute atomic E-state index is 14.0. The number of nitrogens with one attached hydrogen (secondary N) is 1. The second-order valence-corrected chi connectivity index (χ2v) is 9.83. The van der Waals surface area contributed by atoms with Crippen LogP contribution in [0.15, 0.2) is 87.3 Å². The van der Waals surface area contributed by atoms with Crippen molar-refractivity contribution >= 4 is 55.5 Å². The maximum Gasteiger partial charge on any atom is 0.282 e. The number of hydrogen-bond donors (Lipinski definition) is 1. The molecule has 0 bridgehead atoms. The first-order valence-corrected chi connectivity index (χ1v) is 13.1. The van der Waals surface area contributed by atoms with Crippen LogP contribution in [0.3, 0.4) is 0 Å². The lowest BCUT2D eigenvalue weighted by molar-refractivity contribution is -0.116. The summed E-state index contributed by atoms with van der Waals surface area (Å²) in [6.45, 7) is 2.07. The number of anilines is 1. The van der Waals surface area contributed by atoms with Crippen LogP contribution in [0.4, 0.5) is 10.1 Å². The molecular formula is C29H25BrFN5O2. The van der Waals surface area contributed by atoms with Gasteiger partial charge >= 0.3 is 0 Å². The summed E-state index contributed by atoms with van der Waals surface area (Å²) >= 11 is 3.43. The summed E-state index contributed by atoms with van der Waals surface area (Å²) in [7, 11) is 0. The smallest absolute Gasteiger partial charge is 0.282 e. The normalized spacial score (nSPS) is 11.6. The van der Waals surface area contributed by atoms with Gasteiger partial charge in [0, 0.05) is 33.6 Å². The molecule has 7 nitrogen and oxygen atoms in total. The third-order valence-electron chi connectivity index (χ3n) is 6.22. The van der Waals surface area contributed by atoms with E-state index in [1.165, 1.54) is 16.8 Å². The summed E-state index contributed by atoms with van der Waals surface area (Å²) in [5.41, 5.74) is 2.07. The molecule has 0 aliphatic carbocycles. The molecule has 5 rings (SSSR count). The first-order chi connectivity index (χ1) is 18.4. The highest BCUT2D eigenvalue weighted by Crippen LogP contribution is 2.21. The van der Waals surface area contributed by atoms with Gasteiger partial charge in [0.1, 0.15) is 18.2 Å². The zero-order valence-corrected chi connectivity index (χ0v) is 22.3. The van der Waals surface area contributed by atoms with Crippen LogP contribution >= 0.6 is 15.9 Å². The Morgan fingerprint density at radius 2 is 1.89 bits per heavy atom. The highest BCUT2D eigenvalue weighted by atomic mass is 79.9. The number of halogens is 2. The van der Waals surface area contributed by atoms with E-state index in [0.29, 0.717) is 23.1 Å². The van der Waals surface area contributed by atoms with E-state index >= 15 is 0 Å². The molecule has 1 amide bonds. The van der Waals surface area contributed by atoms with Crippen molar-refractivity contribution in [2.45, 2.75) is 32.7 Å². The molecule has 38 heavy (non-hydrogen) atoms. The molecule has 1 N–H and O–H groups in total. The highest BCUT2D eigenvalue weighted by molar-refractivity contribution is 9.10. The number of benzene rings is 3. The fraction of sp³-hybridized carbons (Fsp3) is 0.172. The molecule has 0 aliphatic rings. The minimum absolute atomic E-state index is 0.0179.